The maximum absolute atomic E-state index is 11.8. The van der Waals surface area contributed by atoms with Gasteiger partial charge in [0.1, 0.15) is 5.76 Å². The van der Waals surface area contributed by atoms with E-state index >= 15 is 0 Å². The highest BCUT2D eigenvalue weighted by atomic mass is 16.4. The quantitative estimate of drug-likeness (QED) is 0.851. The Labute approximate surface area is 111 Å². The Balaban J connectivity index is 1.77. The summed E-state index contributed by atoms with van der Waals surface area (Å²) < 4.78 is 5.05. The number of furan rings is 1. The van der Waals surface area contributed by atoms with Gasteiger partial charge >= 0.3 is 12.0 Å². The average Bonchev–Trinajstić information content (AvgIpc) is 2.88. The van der Waals surface area contributed by atoms with Crippen molar-refractivity contribution in [2.75, 3.05) is 13.6 Å². The molecule has 0 saturated heterocycles. The van der Waals surface area contributed by atoms with E-state index in [2.05, 4.69) is 12.2 Å². The summed E-state index contributed by atoms with van der Waals surface area (Å²) >= 11 is 0. The molecule has 0 aliphatic heterocycles. The topological polar surface area (TPSA) is 82.8 Å². The van der Waals surface area contributed by atoms with Crippen molar-refractivity contribution in [3.05, 3.63) is 23.7 Å². The molecule has 1 heterocycles. The van der Waals surface area contributed by atoms with Crippen molar-refractivity contribution < 1.29 is 19.1 Å². The summed E-state index contributed by atoms with van der Waals surface area (Å²) in [5, 5.41) is 11.4. The first kappa shape index (κ1) is 13.5. The van der Waals surface area contributed by atoms with E-state index in [1.54, 1.807) is 18.0 Å². The Morgan fingerprint density at radius 2 is 2.21 bits per heavy atom. The fourth-order valence-electron chi connectivity index (χ4n) is 1.97. The summed E-state index contributed by atoms with van der Waals surface area (Å²) in [5.41, 5.74) is 0. The number of carbonyl (C=O) groups is 2. The summed E-state index contributed by atoms with van der Waals surface area (Å²) in [5.74, 6) is 0.511. The molecule has 6 nitrogen and oxygen atoms in total. The van der Waals surface area contributed by atoms with Crippen molar-refractivity contribution in [2.24, 2.45) is 11.8 Å². The van der Waals surface area contributed by atoms with Crippen molar-refractivity contribution in [1.29, 1.82) is 0 Å². The van der Waals surface area contributed by atoms with Crippen LogP contribution in [0.25, 0.3) is 0 Å². The lowest BCUT2D eigenvalue weighted by Crippen LogP contribution is -2.38. The number of carboxylic acid groups (broad SMARTS) is 1. The van der Waals surface area contributed by atoms with E-state index in [1.165, 1.54) is 12.5 Å². The fraction of sp³-hybridized carbons (Fsp3) is 0.538. The second kappa shape index (κ2) is 5.34. The van der Waals surface area contributed by atoms with E-state index in [0.29, 0.717) is 17.6 Å². The second-order valence-corrected chi connectivity index (χ2v) is 5.08. The smallest absolute Gasteiger partial charge is 0.371 e. The predicted molar refractivity (Wildman–Crippen MR) is 67.8 cm³/mol. The number of urea groups is 1. The van der Waals surface area contributed by atoms with E-state index in [4.69, 9.17) is 9.52 Å². The molecule has 19 heavy (non-hydrogen) atoms. The molecule has 1 saturated carbocycles. The Hall–Kier alpha value is -1.98. The molecule has 0 spiro atoms. The number of carbonyl (C=O) groups excluding carboxylic acids is 1. The van der Waals surface area contributed by atoms with Crippen LogP contribution < -0.4 is 5.32 Å². The predicted octanol–water partition coefficient (Wildman–Crippen LogP) is 1.78. The summed E-state index contributed by atoms with van der Waals surface area (Å²) in [6.07, 6.45) is 1.18. The Bertz CT molecular complexity index is 483. The Kier molecular flexibility index (Phi) is 3.78. The third-order valence-electron chi connectivity index (χ3n) is 3.42. The molecule has 0 radical (unpaired) electrons. The van der Waals surface area contributed by atoms with Crippen LogP contribution in [0.15, 0.2) is 16.5 Å². The maximum Gasteiger partial charge on any atom is 0.371 e. The van der Waals surface area contributed by atoms with Gasteiger partial charge in [0.2, 0.25) is 5.76 Å². The zero-order chi connectivity index (χ0) is 14.0. The first-order valence-corrected chi connectivity index (χ1v) is 6.28. The third-order valence-corrected chi connectivity index (χ3v) is 3.42. The molecule has 1 fully saturated rings. The molecular formula is C13H18N2O4. The molecule has 2 rings (SSSR count). The summed E-state index contributed by atoms with van der Waals surface area (Å²) in [4.78, 5) is 24.1. The third kappa shape index (κ3) is 3.49. The number of hydrogen-bond acceptors (Lipinski definition) is 3. The lowest BCUT2D eigenvalue weighted by Gasteiger charge is -2.17. The van der Waals surface area contributed by atoms with Crippen LogP contribution in [0.5, 0.6) is 0 Å². The molecule has 1 aromatic rings. The molecule has 104 valence electrons. The number of hydrogen-bond donors (Lipinski definition) is 2. The molecule has 2 unspecified atom stereocenters. The molecule has 0 bridgehead atoms. The van der Waals surface area contributed by atoms with E-state index in [1.807, 2.05) is 0 Å². The van der Waals surface area contributed by atoms with Gasteiger partial charge in [-0.3, -0.25) is 0 Å². The van der Waals surface area contributed by atoms with Crippen LogP contribution in [-0.2, 0) is 6.54 Å². The van der Waals surface area contributed by atoms with Crippen molar-refractivity contribution in [2.45, 2.75) is 19.9 Å². The van der Waals surface area contributed by atoms with Crippen LogP contribution in [0.4, 0.5) is 4.79 Å². The highest BCUT2D eigenvalue weighted by molar-refractivity contribution is 5.84. The minimum Gasteiger partial charge on any atom is -0.475 e. The molecule has 2 N–H and O–H groups in total. The maximum atomic E-state index is 11.8. The number of nitrogens with one attached hydrogen (secondary N) is 1. The van der Waals surface area contributed by atoms with Crippen LogP contribution in [0, 0.1) is 11.8 Å². The van der Waals surface area contributed by atoms with Gasteiger partial charge in [-0.15, -0.1) is 0 Å². The minimum atomic E-state index is -1.11. The van der Waals surface area contributed by atoms with E-state index in [9.17, 15) is 9.59 Å². The van der Waals surface area contributed by atoms with E-state index in [0.717, 1.165) is 6.54 Å². The van der Waals surface area contributed by atoms with Gasteiger partial charge in [0.25, 0.3) is 0 Å². The number of aromatic carboxylic acids is 1. The SMILES string of the molecule is CC1CC1CN(C)C(=O)NCc1ccc(C(=O)O)o1. The van der Waals surface area contributed by atoms with Crippen LogP contribution in [0.3, 0.4) is 0 Å². The number of amides is 2. The Morgan fingerprint density at radius 1 is 1.53 bits per heavy atom. The van der Waals surface area contributed by atoms with Gasteiger partial charge < -0.3 is 19.7 Å². The molecule has 2 amide bonds. The molecular weight excluding hydrogens is 248 g/mol. The number of carboxylic acids is 1. The van der Waals surface area contributed by atoms with Gasteiger partial charge in [0.05, 0.1) is 6.54 Å². The molecule has 0 aromatic carbocycles. The van der Waals surface area contributed by atoms with Crippen LogP contribution in [-0.4, -0.2) is 35.6 Å². The normalized spacial score (nSPS) is 20.9. The first-order chi connectivity index (χ1) is 8.97. The monoisotopic (exact) mass is 266 g/mol. The highest BCUT2D eigenvalue weighted by Gasteiger charge is 2.34. The molecule has 1 aliphatic carbocycles. The fourth-order valence-corrected chi connectivity index (χ4v) is 1.97. The number of nitrogens with zero attached hydrogens (tertiary/aromatic N) is 1. The van der Waals surface area contributed by atoms with Crippen molar-refractivity contribution >= 4 is 12.0 Å². The van der Waals surface area contributed by atoms with Crippen LogP contribution in [0.1, 0.15) is 29.7 Å². The van der Waals surface area contributed by atoms with E-state index in [-0.39, 0.29) is 18.3 Å². The minimum absolute atomic E-state index is 0.121. The first-order valence-electron chi connectivity index (χ1n) is 6.28. The lowest BCUT2D eigenvalue weighted by molar-refractivity contribution is 0.0660. The van der Waals surface area contributed by atoms with Crippen LogP contribution in [0.2, 0.25) is 0 Å². The average molecular weight is 266 g/mol. The van der Waals surface area contributed by atoms with Crippen LogP contribution >= 0.6 is 0 Å². The molecule has 1 aliphatic rings. The van der Waals surface area contributed by atoms with Crippen molar-refractivity contribution in [3.8, 4) is 0 Å². The zero-order valence-corrected chi connectivity index (χ0v) is 11.0. The summed E-state index contributed by atoms with van der Waals surface area (Å²) in [6, 6.07) is 2.75. The standard InChI is InChI=1S/C13H18N2O4/c1-8-5-9(8)7-15(2)13(18)14-6-10-3-4-11(19-10)12(16)17/h3-4,8-9H,5-7H2,1-2H3,(H,14,18)(H,16,17). The van der Waals surface area contributed by atoms with Gasteiger partial charge in [-0.05, 0) is 30.4 Å². The van der Waals surface area contributed by atoms with Gasteiger partial charge in [0, 0.05) is 13.6 Å². The summed E-state index contributed by atoms with van der Waals surface area (Å²) in [6.45, 7) is 3.12. The second-order valence-electron chi connectivity index (χ2n) is 5.08. The molecule has 2 atom stereocenters. The number of rotatable bonds is 5. The van der Waals surface area contributed by atoms with Gasteiger partial charge in [-0.1, -0.05) is 6.92 Å². The van der Waals surface area contributed by atoms with Crippen molar-refractivity contribution in [3.63, 3.8) is 0 Å². The highest BCUT2D eigenvalue weighted by Crippen LogP contribution is 2.37. The molecule has 6 heteroatoms. The lowest BCUT2D eigenvalue weighted by atomic mass is 10.3. The zero-order valence-electron chi connectivity index (χ0n) is 11.0. The van der Waals surface area contributed by atoms with Gasteiger partial charge in [-0.2, -0.15) is 0 Å². The Morgan fingerprint density at radius 3 is 2.74 bits per heavy atom. The van der Waals surface area contributed by atoms with Crippen molar-refractivity contribution in [1.82, 2.24) is 10.2 Å². The molecule has 1 aromatic heterocycles. The van der Waals surface area contributed by atoms with Gasteiger partial charge in [0.15, 0.2) is 0 Å². The summed E-state index contributed by atoms with van der Waals surface area (Å²) in [7, 11) is 1.76. The largest absolute Gasteiger partial charge is 0.475 e. The van der Waals surface area contributed by atoms with E-state index < -0.39 is 5.97 Å². The van der Waals surface area contributed by atoms with Gasteiger partial charge in [-0.25, -0.2) is 9.59 Å².